The number of carbonyl (C=O) groups is 1. The Labute approximate surface area is 141 Å². The third-order valence-electron chi connectivity index (χ3n) is 4.24. The Kier molecular flexibility index (Phi) is 3.70. The lowest BCUT2D eigenvalue weighted by Crippen LogP contribution is -2.50. The number of rotatable bonds is 1. The lowest BCUT2D eigenvalue weighted by Gasteiger charge is -2.34. The van der Waals surface area contributed by atoms with E-state index in [1.54, 1.807) is 6.07 Å². The molecular formula is C16H15F2N5O2. The van der Waals surface area contributed by atoms with Crippen LogP contribution in [0.15, 0.2) is 32.6 Å². The van der Waals surface area contributed by atoms with Crippen LogP contribution in [0, 0.1) is 5.82 Å². The highest BCUT2D eigenvalue weighted by molar-refractivity contribution is 6.16. The molecule has 1 amide bonds. The molecule has 3 heterocycles. The number of aliphatic imine (C=N–C) groups is 2. The van der Waals surface area contributed by atoms with E-state index in [2.05, 4.69) is 15.0 Å². The second kappa shape index (κ2) is 5.91. The van der Waals surface area contributed by atoms with Crippen molar-refractivity contribution >= 4 is 34.7 Å². The summed E-state index contributed by atoms with van der Waals surface area (Å²) in [5.74, 6) is -0.944. The Morgan fingerprint density at radius 3 is 2.60 bits per heavy atom. The van der Waals surface area contributed by atoms with Crippen molar-refractivity contribution in [3.63, 3.8) is 0 Å². The first-order valence-electron chi connectivity index (χ1n) is 7.89. The Bertz CT molecular complexity index is 899. The third-order valence-corrected chi connectivity index (χ3v) is 4.24. The minimum absolute atomic E-state index is 0.124. The van der Waals surface area contributed by atoms with Crippen LogP contribution in [0.25, 0.3) is 11.1 Å². The van der Waals surface area contributed by atoms with Gasteiger partial charge in [0.1, 0.15) is 11.3 Å². The summed E-state index contributed by atoms with van der Waals surface area (Å²) in [6.45, 7) is 3.68. The van der Waals surface area contributed by atoms with Crippen LogP contribution in [-0.4, -0.2) is 59.8 Å². The van der Waals surface area contributed by atoms with Crippen molar-refractivity contribution in [1.82, 2.24) is 9.88 Å². The summed E-state index contributed by atoms with van der Waals surface area (Å²) >= 11 is 0. The largest absolute Gasteiger partial charge is 0.423 e. The van der Waals surface area contributed by atoms with E-state index >= 15 is 0 Å². The molecule has 130 valence electrons. The van der Waals surface area contributed by atoms with E-state index in [0.29, 0.717) is 43.3 Å². The summed E-state index contributed by atoms with van der Waals surface area (Å²) in [5, 5.41) is 0. The SMILES string of the molecule is CC1=NC(N2CCN(c3nc4ccc(F)cc4o3)CC2)=NC(=O)C1F. The van der Waals surface area contributed by atoms with Gasteiger partial charge in [-0.15, -0.1) is 0 Å². The van der Waals surface area contributed by atoms with Gasteiger partial charge in [0.05, 0.1) is 5.71 Å². The predicted octanol–water partition coefficient (Wildman–Crippen LogP) is 1.78. The molecular weight excluding hydrogens is 332 g/mol. The molecule has 0 N–H and O–H groups in total. The Balaban J connectivity index is 1.48. The molecule has 0 radical (unpaired) electrons. The molecule has 25 heavy (non-hydrogen) atoms. The molecule has 2 aliphatic heterocycles. The van der Waals surface area contributed by atoms with Crippen molar-refractivity contribution in [2.45, 2.75) is 13.1 Å². The number of fused-ring (bicyclic) bond motifs is 1. The van der Waals surface area contributed by atoms with Gasteiger partial charge in [0, 0.05) is 32.2 Å². The first-order chi connectivity index (χ1) is 12.0. The average Bonchev–Trinajstić information content (AvgIpc) is 3.02. The second-order valence-corrected chi connectivity index (χ2v) is 5.95. The summed E-state index contributed by atoms with van der Waals surface area (Å²) in [7, 11) is 0. The van der Waals surface area contributed by atoms with Crippen molar-refractivity contribution in [1.29, 1.82) is 0 Å². The van der Waals surface area contributed by atoms with Crippen molar-refractivity contribution in [3.05, 3.63) is 24.0 Å². The minimum Gasteiger partial charge on any atom is -0.423 e. The molecule has 4 rings (SSSR count). The smallest absolute Gasteiger partial charge is 0.298 e. The van der Waals surface area contributed by atoms with Gasteiger partial charge in [-0.25, -0.2) is 13.8 Å². The molecule has 1 fully saturated rings. The zero-order chi connectivity index (χ0) is 17.6. The van der Waals surface area contributed by atoms with Gasteiger partial charge in [0.2, 0.25) is 12.1 Å². The number of hydrogen-bond donors (Lipinski definition) is 0. The maximum atomic E-state index is 13.5. The lowest BCUT2D eigenvalue weighted by atomic mass is 10.2. The van der Waals surface area contributed by atoms with Gasteiger partial charge in [-0.05, 0) is 19.1 Å². The van der Waals surface area contributed by atoms with Crippen molar-refractivity contribution in [2.24, 2.45) is 9.98 Å². The number of anilines is 1. The van der Waals surface area contributed by atoms with Crippen LogP contribution in [0.5, 0.6) is 0 Å². The molecule has 2 aromatic rings. The van der Waals surface area contributed by atoms with Gasteiger partial charge in [-0.1, -0.05) is 0 Å². The number of guanidine groups is 1. The number of alkyl halides is 1. The summed E-state index contributed by atoms with van der Waals surface area (Å²) in [6, 6.07) is 4.63. The lowest BCUT2D eigenvalue weighted by molar-refractivity contribution is -0.120. The fraction of sp³-hybridized carbons (Fsp3) is 0.375. The molecule has 1 unspecified atom stereocenters. The Morgan fingerprint density at radius 2 is 1.88 bits per heavy atom. The highest BCUT2D eigenvalue weighted by atomic mass is 19.1. The van der Waals surface area contributed by atoms with Gasteiger partial charge in [0.15, 0.2) is 5.58 Å². The molecule has 1 aromatic carbocycles. The molecule has 0 bridgehead atoms. The summed E-state index contributed by atoms with van der Waals surface area (Å²) in [5.41, 5.74) is 1.11. The molecule has 0 aliphatic carbocycles. The number of hydrogen-bond acceptors (Lipinski definition) is 6. The maximum absolute atomic E-state index is 13.5. The number of carbonyl (C=O) groups excluding carboxylic acids is 1. The van der Waals surface area contributed by atoms with Crippen LogP contribution in [0.3, 0.4) is 0 Å². The summed E-state index contributed by atoms with van der Waals surface area (Å²) < 4.78 is 32.3. The van der Waals surface area contributed by atoms with Gasteiger partial charge in [-0.2, -0.15) is 9.98 Å². The maximum Gasteiger partial charge on any atom is 0.298 e. The first kappa shape index (κ1) is 15.7. The van der Waals surface area contributed by atoms with Crippen LogP contribution in [0.1, 0.15) is 6.92 Å². The third kappa shape index (κ3) is 2.86. The molecule has 1 saturated heterocycles. The van der Waals surface area contributed by atoms with Crippen LogP contribution < -0.4 is 4.90 Å². The molecule has 0 saturated carbocycles. The fourth-order valence-electron chi connectivity index (χ4n) is 2.83. The zero-order valence-electron chi connectivity index (χ0n) is 13.4. The number of nitrogens with zero attached hydrogens (tertiary/aromatic N) is 5. The molecule has 2 aliphatic rings. The monoisotopic (exact) mass is 347 g/mol. The van der Waals surface area contributed by atoms with Crippen molar-refractivity contribution in [3.8, 4) is 0 Å². The Morgan fingerprint density at radius 1 is 1.16 bits per heavy atom. The molecule has 1 atom stereocenters. The van der Waals surface area contributed by atoms with Gasteiger partial charge in [0.25, 0.3) is 11.9 Å². The molecule has 0 spiro atoms. The molecule has 7 nitrogen and oxygen atoms in total. The fourth-order valence-corrected chi connectivity index (χ4v) is 2.83. The molecule has 1 aromatic heterocycles. The van der Waals surface area contributed by atoms with Crippen LogP contribution in [0.2, 0.25) is 0 Å². The van der Waals surface area contributed by atoms with Crippen LogP contribution in [0.4, 0.5) is 14.8 Å². The van der Waals surface area contributed by atoms with E-state index in [1.807, 2.05) is 9.80 Å². The Hall–Kier alpha value is -2.84. The normalized spacial score (nSPS) is 21.6. The van der Waals surface area contributed by atoms with Gasteiger partial charge >= 0.3 is 0 Å². The van der Waals surface area contributed by atoms with Gasteiger partial charge in [-0.3, -0.25) is 4.79 Å². The number of oxazole rings is 1. The van der Waals surface area contributed by atoms with Crippen molar-refractivity contribution in [2.75, 3.05) is 31.1 Å². The van der Waals surface area contributed by atoms with Gasteiger partial charge < -0.3 is 14.2 Å². The van der Waals surface area contributed by atoms with E-state index in [4.69, 9.17) is 4.42 Å². The second-order valence-electron chi connectivity index (χ2n) is 5.95. The highest BCUT2D eigenvalue weighted by Gasteiger charge is 2.30. The highest BCUT2D eigenvalue weighted by Crippen LogP contribution is 2.24. The van der Waals surface area contributed by atoms with E-state index in [-0.39, 0.29) is 17.5 Å². The summed E-state index contributed by atoms with van der Waals surface area (Å²) in [4.78, 5) is 27.4. The van der Waals surface area contributed by atoms with Crippen LogP contribution in [-0.2, 0) is 4.79 Å². The zero-order valence-corrected chi connectivity index (χ0v) is 13.4. The summed E-state index contributed by atoms with van der Waals surface area (Å²) in [6.07, 6.45) is -1.75. The number of amides is 1. The minimum atomic E-state index is -1.75. The van der Waals surface area contributed by atoms with Crippen molar-refractivity contribution < 1.29 is 18.0 Å². The van der Waals surface area contributed by atoms with Crippen LogP contribution >= 0.6 is 0 Å². The average molecular weight is 347 g/mol. The van der Waals surface area contributed by atoms with E-state index < -0.39 is 12.1 Å². The number of benzene rings is 1. The first-order valence-corrected chi connectivity index (χ1v) is 7.89. The van der Waals surface area contributed by atoms with E-state index in [0.717, 1.165) is 0 Å². The predicted molar refractivity (Wildman–Crippen MR) is 88.2 cm³/mol. The number of halogens is 2. The van der Waals surface area contributed by atoms with E-state index in [1.165, 1.54) is 19.1 Å². The number of aromatic nitrogens is 1. The quantitative estimate of drug-likeness (QED) is 0.786. The molecule has 9 heteroatoms. The topological polar surface area (TPSA) is 74.3 Å². The standard InChI is InChI=1S/C16H15F2N5O2/c1-9-13(18)14(24)21-15(19-9)22-4-6-23(7-5-22)16-20-11-3-2-10(17)8-12(11)25-16/h2-3,8,13H,4-7H2,1H3. The van der Waals surface area contributed by atoms with E-state index in [9.17, 15) is 13.6 Å². The number of piperazine rings is 1.